The minimum Gasteiger partial charge on any atom is -0.370 e. The van der Waals surface area contributed by atoms with Crippen LogP contribution in [0.15, 0.2) is 0 Å². The SMILES string of the molecule is NC(=O)CCCCCCCCCCCCCCCCCI. The maximum Gasteiger partial charge on any atom is 0.217 e. The molecule has 0 atom stereocenters. The van der Waals surface area contributed by atoms with E-state index in [0.717, 1.165) is 6.42 Å². The number of primary amides is 1. The first-order valence-corrected chi connectivity index (χ1v) is 10.6. The summed E-state index contributed by atoms with van der Waals surface area (Å²) in [7, 11) is 0. The number of hydrogen-bond donors (Lipinski definition) is 1. The molecular weight excluding hydrogens is 373 g/mol. The lowest BCUT2D eigenvalue weighted by Crippen LogP contribution is -2.09. The number of hydrogen-bond acceptors (Lipinski definition) is 1. The summed E-state index contributed by atoms with van der Waals surface area (Å²) in [5.74, 6) is -0.153. The Morgan fingerprint density at radius 1 is 0.571 bits per heavy atom. The van der Waals surface area contributed by atoms with Crippen LogP contribution >= 0.6 is 22.6 Å². The molecule has 0 fully saturated rings. The van der Waals surface area contributed by atoms with Crippen LogP contribution in [0, 0.1) is 0 Å². The fourth-order valence-electron chi connectivity index (χ4n) is 2.69. The molecule has 0 bridgehead atoms. The molecule has 0 aliphatic heterocycles. The van der Waals surface area contributed by atoms with Crippen molar-refractivity contribution in [3.8, 4) is 0 Å². The van der Waals surface area contributed by atoms with Crippen LogP contribution in [0.25, 0.3) is 0 Å². The van der Waals surface area contributed by atoms with Crippen molar-refractivity contribution in [3.05, 3.63) is 0 Å². The van der Waals surface area contributed by atoms with Crippen molar-refractivity contribution in [2.75, 3.05) is 4.43 Å². The van der Waals surface area contributed by atoms with Gasteiger partial charge < -0.3 is 5.73 Å². The third kappa shape index (κ3) is 20.2. The number of alkyl halides is 1. The quantitative estimate of drug-likeness (QED) is 0.175. The molecule has 0 aliphatic carbocycles. The molecule has 0 aliphatic rings. The highest BCUT2D eigenvalue weighted by Gasteiger charge is 1.96. The van der Waals surface area contributed by atoms with Crippen LogP contribution in [0.5, 0.6) is 0 Å². The zero-order chi connectivity index (χ0) is 15.6. The highest BCUT2D eigenvalue weighted by molar-refractivity contribution is 14.1. The Hall–Kier alpha value is 0.200. The zero-order valence-corrected chi connectivity index (χ0v) is 16.0. The molecule has 3 heteroatoms. The monoisotopic (exact) mass is 409 g/mol. The van der Waals surface area contributed by atoms with Crippen LogP contribution in [-0.4, -0.2) is 10.3 Å². The largest absolute Gasteiger partial charge is 0.370 e. The summed E-state index contributed by atoms with van der Waals surface area (Å²) in [5, 5.41) is 0. The van der Waals surface area contributed by atoms with Crippen molar-refractivity contribution in [1.82, 2.24) is 0 Å². The second-order valence-electron chi connectivity index (χ2n) is 6.21. The number of nitrogens with two attached hydrogens (primary N) is 1. The molecule has 0 spiro atoms. The predicted molar refractivity (Wildman–Crippen MR) is 102 cm³/mol. The van der Waals surface area contributed by atoms with Gasteiger partial charge in [0.25, 0.3) is 0 Å². The van der Waals surface area contributed by atoms with E-state index in [9.17, 15) is 4.79 Å². The third-order valence-corrected chi connectivity index (χ3v) is 4.82. The third-order valence-electron chi connectivity index (χ3n) is 4.06. The smallest absolute Gasteiger partial charge is 0.217 e. The fraction of sp³-hybridized carbons (Fsp3) is 0.944. The topological polar surface area (TPSA) is 43.1 Å². The van der Waals surface area contributed by atoms with Gasteiger partial charge in [-0.1, -0.05) is 106 Å². The van der Waals surface area contributed by atoms with Crippen molar-refractivity contribution >= 4 is 28.5 Å². The highest BCUT2D eigenvalue weighted by Crippen LogP contribution is 2.13. The second kappa shape index (κ2) is 18.2. The van der Waals surface area contributed by atoms with Crippen molar-refractivity contribution in [2.24, 2.45) is 5.73 Å². The first-order chi connectivity index (χ1) is 10.3. The maximum absolute atomic E-state index is 10.6. The van der Waals surface area contributed by atoms with E-state index in [1.807, 2.05) is 0 Å². The minimum absolute atomic E-state index is 0.153. The van der Waals surface area contributed by atoms with Gasteiger partial charge in [-0.15, -0.1) is 0 Å². The first-order valence-electron chi connectivity index (χ1n) is 9.11. The Kier molecular flexibility index (Phi) is 18.4. The summed E-state index contributed by atoms with van der Waals surface area (Å²) in [6.45, 7) is 0. The highest BCUT2D eigenvalue weighted by atomic mass is 127. The Labute approximate surface area is 146 Å². The second-order valence-corrected chi connectivity index (χ2v) is 7.29. The summed E-state index contributed by atoms with van der Waals surface area (Å²) in [6.07, 6.45) is 21.0. The van der Waals surface area contributed by atoms with Crippen LogP contribution < -0.4 is 5.73 Å². The molecule has 0 saturated heterocycles. The maximum atomic E-state index is 10.6. The number of halogens is 1. The van der Waals surface area contributed by atoms with Crippen molar-refractivity contribution in [1.29, 1.82) is 0 Å². The van der Waals surface area contributed by atoms with Crippen LogP contribution in [0.4, 0.5) is 0 Å². The van der Waals surface area contributed by atoms with Crippen molar-refractivity contribution in [3.63, 3.8) is 0 Å². The van der Waals surface area contributed by atoms with E-state index in [1.54, 1.807) is 0 Å². The number of carbonyl (C=O) groups is 1. The number of rotatable bonds is 17. The van der Waals surface area contributed by atoms with Crippen molar-refractivity contribution in [2.45, 2.75) is 103 Å². The molecule has 2 nitrogen and oxygen atoms in total. The standard InChI is InChI=1S/C18H36INO/c19-17-15-13-11-9-7-5-3-1-2-4-6-8-10-12-14-16-18(20)21/h1-17H2,(H2,20,21). The van der Waals surface area contributed by atoms with Gasteiger partial charge in [0.15, 0.2) is 0 Å². The average molecular weight is 409 g/mol. The molecule has 0 unspecified atom stereocenters. The van der Waals surface area contributed by atoms with Crippen LogP contribution in [0.1, 0.15) is 103 Å². The zero-order valence-electron chi connectivity index (χ0n) is 13.9. The predicted octanol–water partition coefficient (Wildman–Crippen LogP) is 6.15. The van der Waals surface area contributed by atoms with E-state index in [-0.39, 0.29) is 5.91 Å². The van der Waals surface area contributed by atoms with Gasteiger partial charge in [0.1, 0.15) is 0 Å². The Morgan fingerprint density at radius 3 is 1.14 bits per heavy atom. The van der Waals surface area contributed by atoms with E-state index in [1.165, 1.54) is 94.3 Å². The van der Waals surface area contributed by atoms with Gasteiger partial charge in [-0.3, -0.25) is 4.79 Å². The van der Waals surface area contributed by atoms with E-state index in [0.29, 0.717) is 6.42 Å². The minimum atomic E-state index is -0.153. The molecule has 21 heavy (non-hydrogen) atoms. The Bertz CT molecular complexity index is 221. The van der Waals surface area contributed by atoms with E-state index >= 15 is 0 Å². The molecule has 0 aromatic rings. The van der Waals surface area contributed by atoms with Crippen LogP contribution in [0.2, 0.25) is 0 Å². The van der Waals surface area contributed by atoms with Gasteiger partial charge in [0.05, 0.1) is 0 Å². The lowest BCUT2D eigenvalue weighted by Gasteiger charge is -2.03. The van der Waals surface area contributed by atoms with E-state index < -0.39 is 0 Å². The normalized spacial score (nSPS) is 10.9. The van der Waals surface area contributed by atoms with E-state index in [4.69, 9.17) is 5.73 Å². The molecule has 0 aromatic heterocycles. The molecule has 0 aromatic carbocycles. The lowest BCUT2D eigenvalue weighted by atomic mass is 10.0. The summed E-state index contributed by atoms with van der Waals surface area (Å²) < 4.78 is 1.32. The molecular formula is C18H36INO. The number of unbranched alkanes of at least 4 members (excludes halogenated alkanes) is 14. The van der Waals surface area contributed by atoms with Gasteiger partial charge in [0.2, 0.25) is 5.91 Å². The molecule has 126 valence electrons. The summed E-state index contributed by atoms with van der Waals surface area (Å²) in [4.78, 5) is 10.6. The van der Waals surface area contributed by atoms with Gasteiger partial charge >= 0.3 is 0 Å². The molecule has 2 N–H and O–H groups in total. The molecule has 0 heterocycles. The molecule has 0 saturated carbocycles. The van der Waals surface area contributed by atoms with E-state index in [2.05, 4.69) is 22.6 Å². The van der Waals surface area contributed by atoms with Crippen LogP contribution in [0.3, 0.4) is 0 Å². The van der Waals surface area contributed by atoms with Crippen molar-refractivity contribution < 1.29 is 4.79 Å². The van der Waals surface area contributed by atoms with Gasteiger partial charge in [-0.2, -0.15) is 0 Å². The lowest BCUT2D eigenvalue weighted by molar-refractivity contribution is -0.118. The molecule has 0 radical (unpaired) electrons. The Balaban J connectivity index is 2.95. The van der Waals surface area contributed by atoms with Gasteiger partial charge in [0, 0.05) is 6.42 Å². The summed E-state index contributed by atoms with van der Waals surface area (Å²) in [5.41, 5.74) is 5.11. The Morgan fingerprint density at radius 2 is 0.857 bits per heavy atom. The average Bonchev–Trinajstić information content (AvgIpc) is 2.46. The first kappa shape index (κ1) is 21.2. The molecule has 1 amide bonds. The number of amides is 1. The van der Waals surface area contributed by atoms with Gasteiger partial charge in [-0.25, -0.2) is 0 Å². The van der Waals surface area contributed by atoms with Gasteiger partial charge in [-0.05, 0) is 17.3 Å². The number of carbonyl (C=O) groups excluding carboxylic acids is 1. The summed E-state index contributed by atoms with van der Waals surface area (Å²) in [6, 6.07) is 0. The summed E-state index contributed by atoms with van der Waals surface area (Å²) >= 11 is 2.47. The molecule has 0 rings (SSSR count). The fourth-order valence-corrected chi connectivity index (χ4v) is 3.23. The van der Waals surface area contributed by atoms with Crippen LogP contribution in [-0.2, 0) is 4.79 Å².